The van der Waals surface area contributed by atoms with Crippen LogP contribution >= 0.6 is 0 Å². The average molecular weight is 316 g/mol. The van der Waals surface area contributed by atoms with Crippen molar-refractivity contribution in [2.75, 3.05) is 5.32 Å². The van der Waals surface area contributed by atoms with Crippen molar-refractivity contribution >= 4 is 28.4 Å². The van der Waals surface area contributed by atoms with E-state index in [2.05, 4.69) is 20.6 Å². The molecule has 0 bridgehead atoms. The third-order valence-electron chi connectivity index (χ3n) is 3.15. The molecule has 2 aromatic heterocycles. The van der Waals surface area contributed by atoms with Crippen molar-refractivity contribution in [3.05, 3.63) is 52.0 Å². The first-order chi connectivity index (χ1) is 11.0. The standard InChI is InChI=1S/C13H9FN6O3/c1-19-12-11(17-18-19)8(4-5-15-12)13(21)16-10-3-2-7(20(22)23)6-9(10)14/h2-6H,1H3,(H,16,21). The third kappa shape index (κ3) is 2.57. The zero-order chi connectivity index (χ0) is 16.6. The number of aromatic nitrogens is 4. The first kappa shape index (κ1) is 14.5. The lowest BCUT2D eigenvalue weighted by Gasteiger charge is -2.06. The maximum absolute atomic E-state index is 13.8. The Hall–Kier alpha value is -3.43. The van der Waals surface area contributed by atoms with E-state index in [0.29, 0.717) is 5.65 Å². The number of amides is 1. The molecule has 0 aliphatic rings. The summed E-state index contributed by atoms with van der Waals surface area (Å²) in [7, 11) is 1.63. The van der Waals surface area contributed by atoms with E-state index in [9.17, 15) is 19.3 Å². The molecule has 0 saturated heterocycles. The summed E-state index contributed by atoms with van der Waals surface area (Å²) >= 11 is 0. The number of anilines is 1. The highest BCUT2D eigenvalue weighted by atomic mass is 19.1. The van der Waals surface area contributed by atoms with E-state index in [1.807, 2.05) is 0 Å². The maximum atomic E-state index is 13.8. The van der Waals surface area contributed by atoms with E-state index in [1.165, 1.54) is 16.9 Å². The van der Waals surface area contributed by atoms with Crippen LogP contribution in [-0.2, 0) is 7.05 Å². The Kier molecular flexibility index (Phi) is 3.41. The van der Waals surface area contributed by atoms with Crippen LogP contribution in [0.3, 0.4) is 0 Å². The summed E-state index contributed by atoms with van der Waals surface area (Å²) in [6.07, 6.45) is 1.41. The van der Waals surface area contributed by atoms with Crippen LogP contribution in [0, 0.1) is 15.9 Å². The zero-order valence-electron chi connectivity index (χ0n) is 11.7. The third-order valence-corrected chi connectivity index (χ3v) is 3.15. The van der Waals surface area contributed by atoms with Gasteiger partial charge in [0.25, 0.3) is 11.6 Å². The van der Waals surface area contributed by atoms with E-state index in [1.54, 1.807) is 7.05 Å². The predicted octanol–water partition coefficient (Wildman–Crippen LogP) is 1.66. The number of hydrogen-bond donors (Lipinski definition) is 1. The van der Waals surface area contributed by atoms with Gasteiger partial charge >= 0.3 is 0 Å². The van der Waals surface area contributed by atoms with Gasteiger partial charge in [-0.3, -0.25) is 14.9 Å². The minimum Gasteiger partial charge on any atom is -0.319 e. The lowest BCUT2D eigenvalue weighted by Crippen LogP contribution is -2.14. The van der Waals surface area contributed by atoms with Crippen LogP contribution in [0.2, 0.25) is 0 Å². The molecular weight excluding hydrogens is 307 g/mol. The van der Waals surface area contributed by atoms with Crippen molar-refractivity contribution < 1.29 is 14.1 Å². The first-order valence-electron chi connectivity index (χ1n) is 6.37. The topological polar surface area (TPSA) is 116 Å². The normalized spacial score (nSPS) is 10.7. The fraction of sp³-hybridized carbons (Fsp3) is 0.0769. The summed E-state index contributed by atoms with van der Waals surface area (Å²) in [5.41, 5.74) is 0.271. The number of hydrogen-bond acceptors (Lipinski definition) is 6. The Morgan fingerprint density at radius 1 is 1.39 bits per heavy atom. The van der Waals surface area contributed by atoms with Gasteiger partial charge in [-0.15, -0.1) is 5.10 Å². The van der Waals surface area contributed by atoms with Gasteiger partial charge in [0.2, 0.25) is 0 Å². The molecule has 10 heteroatoms. The fourth-order valence-electron chi connectivity index (χ4n) is 2.02. The van der Waals surface area contributed by atoms with E-state index >= 15 is 0 Å². The number of aryl methyl sites for hydroxylation is 1. The van der Waals surface area contributed by atoms with Crippen LogP contribution in [0.5, 0.6) is 0 Å². The van der Waals surface area contributed by atoms with Gasteiger partial charge in [-0.2, -0.15) is 0 Å². The lowest BCUT2D eigenvalue weighted by molar-refractivity contribution is -0.385. The largest absolute Gasteiger partial charge is 0.319 e. The van der Waals surface area contributed by atoms with Crippen LogP contribution in [0.15, 0.2) is 30.5 Å². The Labute approximate surface area is 127 Å². The Bertz CT molecular complexity index is 939. The molecule has 1 amide bonds. The van der Waals surface area contributed by atoms with Crippen molar-refractivity contribution in [3.8, 4) is 0 Å². The van der Waals surface area contributed by atoms with E-state index in [0.717, 1.165) is 18.2 Å². The van der Waals surface area contributed by atoms with Gasteiger partial charge in [0.15, 0.2) is 11.5 Å². The van der Waals surface area contributed by atoms with Gasteiger partial charge in [0.1, 0.15) is 5.52 Å². The number of non-ortho nitro benzene ring substituents is 1. The maximum Gasteiger partial charge on any atom is 0.272 e. The van der Waals surface area contributed by atoms with Crippen molar-refractivity contribution in [2.45, 2.75) is 0 Å². The average Bonchev–Trinajstić information content (AvgIpc) is 2.90. The lowest BCUT2D eigenvalue weighted by atomic mass is 10.2. The summed E-state index contributed by atoms with van der Waals surface area (Å²) < 4.78 is 15.2. The first-order valence-corrected chi connectivity index (χ1v) is 6.37. The molecule has 0 unspecified atom stereocenters. The van der Waals surface area contributed by atoms with Crippen molar-refractivity contribution in [1.82, 2.24) is 20.0 Å². The van der Waals surface area contributed by atoms with Crippen LogP contribution in [0.4, 0.5) is 15.8 Å². The number of pyridine rings is 1. The SMILES string of the molecule is Cn1nnc2c(C(=O)Nc3ccc([N+](=O)[O-])cc3F)ccnc21. The molecule has 3 aromatic rings. The highest BCUT2D eigenvalue weighted by Crippen LogP contribution is 2.22. The second-order valence-electron chi connectivity index (χ2n) is 4.62. The van der Waals surface area contributed by atoms with E-state index in [4.69, 9.17) is 0 Å². The minimum absolute atomic E-state index is 0.167. The number of nitro benzene ring substituents is 1. The molecule has 23 heavy (non-hydrogen) atoms. The number of benzene rings is 1. The summed E-state index contributed by atoms with van der Waals surface area (Å²) in [5.74, 6) is -1.53. The van der Waals surface area contributed by atoms with Gasteiger partial charge < -0.3 is 5.32 Å². The Morgan fingerprint density at radius 2 is 2.17 bits per heavy atom. The molecular formula is C13H9FN6O3. The van der Waals surface area contributed by atoms with E-state index in [-0.39, 0.29) is 16.8 Å². The number of nitro groups is 1. The summed E-state index contributed by atoms with van der Waals surface area (Å²) in [6, 6.07) is 4.39. The Balaban J connectivity index is 1.93. The quantitative estimate of drug-likeness (QED) is 0.580. The molecule has 0 atom stereocenters. The molecule has 0 fully saturated rings. The van der Waals surface area contributed by atoms with Crippen molar-refractivity contribution in [2.24, 2.45) is 7.05 Å². The molecule has 0 aliphatic carbocycles. The van der Waals surface area contributed by atoms with Crippen molar-refractivity contribution in [3.63, 3.8) is 0 Å². The summed E-state index contributed by atoms with van der Waals surface area (Å²) in [5, 5.41) is 20.6. The molecule has 0 radical (unpaired) electrons. The monoisotopic (exact) mass is 316 g/mol. The van der Waals surface area contributed by atoms with Crippen LogP contribution < -0.4 is 5.32 Å². The van der Waals surface area contributed by atoms with Crippen molar-refractivity contribution in [1.29, 1.82) is 0 Å². The summed E-state index contributed by atoms with van der Waals surface area (Å²) in [4.78, 5) is 26.2. The summed E-state index contributed by atoms with van der Waals surface area (Å²) in [6.45, 7) is 0. The molecule has 0 spiro atoms. The molecule has 1 aromatic carbocycles. The van der Waals surface area contributed by atoms with Gasteiger partial charge in [-0.1, -0.05) is 5.21 Å². The number of carbonyl (C=O) groups is 1. The van der Waals surface area contributed by atoms with Gasteiger partial charge in [0, 0.05) is 19.3 Å². The highest BCUT2D eigenvalue weighted by Gasteiger charge is 2.17. The minimum atomic E-state index is -0.906. The number of carbonyl (C=O) groups excluding carboxylic acids is 1. The molecule has 116 valence electrons. The second kappa shape index (κ2) is 5.40. The fourth-order valence-corrected chi connectivity index (χ4v) is 2.02. The Morgan fingerprint density at radius 3 is 2.87 bits per heavy atom. The highest BCUT2D eigenvalue weighted by molar-refractivity contribution is 6.10. The number of rotatable bonds is 3. The molecule has 3 rings (SSSR count). The van der Waals surface area contributed by atoms with Gasteiger partial charge in [0.05, 0.1) is 22.2 Å². The molecule has 1 N–H and O–H groups in total. The zero-order valence-corrected chi connectivity index (χ0v) is 11.7. The number of nitrogens with one attached hydrogen (secondary N) is 1. The van der Waals surface area contributed by atoms with Crippen LogP contribution in [-0.4, -0.2) is 30.8 Å². The predicted molar refractivity (Wildman–Crippen MR) is 77.3 cm³/mol. The van der Waals surface area contributed by atoms with E-state index < -0.39 is 22.3 Å². The number of fused-ring (bicyclic) bond motifs is 1. The number of nitrogens with zero attached hydrogens (tertiary/aromatic N) is 5. The number of halogens is 1. The van der Waals surface area contributed by atoms with Crippen LogP contribution in [0.25, 0.3) is 11.2 Å². The molecule has 0 saturated carbocycles. The van der Waals surface area contributed by atoms with Gasteiger partial charge in [-0.25, -0.2) is 14.1 Å². The molecule has 2 heterocycles. The molecule has 0 aliphatic heterocycles. The smallest absolute Gasteiger partial charge is 0.272 e. The molecule has 9 nitrogen and oxygen atoms in total. The van der Waals surface area contributed by atoms with Gasteiger partial charge in [-0.05, 0) is 12.1 Å². The second-order valence-corrected chi connectivity index (χ2v) is 4.62. The van der Waals surface area contributed by atoms with Crippen LogP contribution in [0.1, 0.15) is 10.4 Å².